The number of halogens is 1. The minimum Gasteiger partial charge on any atom is -0.387 e. The van der Waals surface area contributed by atoms with Crippen molar-refractivity contribution in [1.82, 2.24) is 10.2 Å². The molecule has 2 N–H and O–H groups in total. The van der Waals surface area contributed by atoms with Crippen LogP contribution in [0, 0.1) is 5.82 Å². The number of carbonyl (C=O) groups is 1. The third kappa shape index (κ3) is 4.65. The highest BCUT2D eigenvalue weighted by molar-refractivity contribution is 5.83. The van der Waals surface area contributed by atoms with Crippen molar-refractivity contribution in [2.24, 2.45) is 0 Å². The topological polar surface area (TPSA) is 52.6 Å². The predicted molar refractivity (Wildman–Crippen MR) is 94.3 cm³/mol. The van der Waals surface area contributed by atoms with Crippen LogP contribution in [0.25, 0.3) is 0 Å². The molecule has 0 heterocycles. The van der Waals surface area contributed by atoms with E-state index in [0.717, 1.165) is 18.4 Å². The van der Waals surface area contributed by atoms with Crippen molar-refractivity contribution in [1.29, 1.82) is 0 Å². The summed E-state index contributed by atoms with van der Waals surface area (Å²) in [4.78, 5) is 14.5. The van der Waals surface area contributed by atoms with E-state index in [9.17, 15) is 14.3 Å². The first kappa shape index (κ1) is 17.6. The quantitative estimate of drug-likeness (QED) is 0.813. The van der Waals surface area contributed by atoms with Gasteiger partial charge in [0.1, 0.15) is 11.9 Å². The molecule has 2 atom stereocenters. The number of nitrogens with one attached hydrogen (secondary N) is 1. The molecule has 0 spiro atoms. The Labute approximate surface area is 147 Å². The summed E-state index contributed by atoms with van der Waals surface area (Å²) in [7, 11) is 1.82. The lowest BCUT2D eigenvalue weighted by Crippen LogP contribution is -2.41. The van der Waals surface area contributed by atoms with Gasteiger partial charge in [-0.1, -0.05) is 42.5 Å². The van der Waals surface area contributed by atoms with Gasteiger partial charge in [-0.2, -0.15) is 0 Å². The summed E-state index contributed by atoms with van der Waals surface area (Å²) in [6.45, 7) is 0.267. The van der Waals surface area contributed by atoms with Crippen molar-refractivity contribution >= 4 is 5.91 Å². The fourth-order valence-electron chi connectivity index (χ4n) is 2.92. The van der Waals surface area contributed by atoms with E-state index < -0.39 is 12.1 Å². The zero-order valence-electron chi connectivity index (χ0n) is 14.2. The molecule has 2 aromatic carbocycles. The van der Waals surface area contributed by atoms with Crippen LogP contribution in [0.3, 0.4) is 0 Å². The number of carbonyl (C=O) groups excluding carboxylic acids is 1. The van der Waals surface area contributed by atoms with E-state index in [4.69, 9.17) is 0 Å². The fourth-order valence-corrected chi connectivity index (χ4v) is 2.92. The maximum absolute atomic E-state index is 13.1. The first-order valence-corrected chi connectivity index (χ1v) is 8.53. The molecule has 1 amide bonds. The number of hydrogen-bond acceptors (Lipinski definition) is 3. The van der Waals surface area contributed by atoms with Crippen LogP contribution in [0.2, 0.25) is 0 Å². The number of nitrogens with zero attached hydrogens (tertiary/aromatic N) is 1. The Morgan fingerprint density at radius 2 is 1.80 bits per heavy atom. The molecule has 3 rings (SSSR count). The summed E-state index contributed by atoms with van der Waals surface area (Å²) in [6.07, 6.45) is 1.25. The maximum atomic E-state index is 13.1. The molecule has 1 aliphatic carbocycles. The van der Waals surface area contributed by atoms with Crippen LogP contribution >= 0.6 is 0 Å². The zero-order chi connectivity index (χ0) is 17.8. The molecule has 5 heteroatoms. The van der Waals surface area contributed by atoms with Gasteiger partial charge in [0.15, 0.2) is 0 Å². The van der Waals surface area contributed by atoms with Crippen molar-refractivity contribution in [3.8, 4) is 0 Å². The second-order valence-corrected chi connectivity index (χ2v) is 6.60. The molecule has 1 aliphatic rings. The normalized spacial score (nSPS) is 16.5. The Balaban J connectivity index is 1.74. The zero-order valence-corrected chi connectivity index (χ0v) is 14.2. The van der Waals surface area contributed by atoms with Gasteiger partial charge >= 0.3 is 0 Å². The lowest BCUT2D eigenvalue weighted by molar-refractivity contribution is -0.126. The Morgan fingerprint density at radius 3 is 2.40 bits per heavy atom. The minimum atomic E-state index is -0.800. The summed E-state index contributed by atoms with van der Waals surface area (Å²) >= 11 is 0. The summed E-state index contributed by atoms with van der Waals surface area (Å²) in [5, 5.41) is 13.5. The molecule has 1 saturated carbocycles. The Kier molecular flexibility index (Phi) is 5.46. The third-order valence-electron chi connectivity index (χ3n) is 4.44. The van der Waals surface area contributed by atoms with Gasteiger partial charge in [0.25, 0.3) is 0 Å². The molecule has 0 radical (unpaired) electrons. The van der Waals surface area contributed by atoms with E-state index in [1.807, 2.05) is 42.3 Å². The molecular formula is C20H23FN2O2. The largest absolute Gasteiger partial charge is 0.387 e. The first-order valence-electron chi connectivity index (χ1n) is 8.53. The molecule has 0 aromatic heterocycles. The van der Waals surface area contributed by atoms with Gasteiger partial charge in [0.2, 0.25) is 5.91 Å². The maximum Gasteiger partial charge on any atom is 0.242 e. The summed E-state index contributed by atoms with van der Waals surface area (Å²) in [6, 6.07) is 15.1. The predicted octanol–water partition coefficient (Wildman–Crippen LogP) is 2.81. The lowest BCUT2D eigenvalue weighted by Gasteiger charge is -2.29. The fraction of sp³-hybridized carbons (Fsp3) is 0.350. The average Bonchev–Trinajstić information content (AvgIpc) is 3.40. The van der Waals surface area contributed by atoms with E-state index in [2.05, 4.69) is 5.32 Å². The molecule has 25 heavy (non-hydrogen) atoms. The SMILES string of the molecule is CN(C[C@@H](O)c1ccc(F)cc1)[C@H](C(=O)NC1CC1)c1ccccc1. The highest BCUT2D eigenvalue weighted by Crippen LogP contribution is 2.26. The van der Waals surface area contributed by atoms with Gasteiger partial charge < -0.3 is 10.4 Å². The van der Waals surface area contributed by atoms with Gasteiger partial charge in [-0.05, 0) is 43.1 Å². The van der Waals surface area contributed by atoms with Gasteiger partial charge in [-0.3, -0.25) is 9.69 Å². The van der Waals surface area contributed by atoms with Crippen LogP contribution < -0.4 is 5.32 Å². The molecule has 1 fully saturated rings. The summed E-state index contributed by atoms with van der Waals surface area (Å²) in [5.74, 6) is -0.391. The van der Waals surface area contributed by atoms with Crippen molar-refractivity contribution in [3.63, 3.8) is 0 Å². The Hall–Kier alpha value is -2.24. The summed E-state index contributed by atoms with van der Waals surface area (Å²) < 4.78 is 13.1. The molecule has 0 unspecified atom stereocenters. The summed E-state index contributed by atoms with van der Waals surface area (Å²) in [5.41, 5.74) is 1.51. The average molecular weight is 342 g/mol. The third-order valence-corrected chi connectivity index (χ3v) is 4.44. The van der Waals surface area contributed by atoms with Crippen LogP contribution in [0.15, 0.2) is 54.6 Å². The number of amides is 1. The van der Waals surface area contributed by atoms with E-state index in [0.29, 0.717) is 5.56 Å². The van der Waals surface area contributed by atoms with Crippen molar-refractivity contribution in [2.75, 3.05) is 13.6 Å². The Morgan fingerprint density at radius 1 is 1.16 bits per heavy atom. The van der Waals surface area contributed by atoms with Gasteiger partial charge in [0, 0.05) is 12.6 Å². The number of aliphatic hydroxyl groups is 1. The molecule has 0 bridgehead atoms. The molecule has 132 valence electrons. The molecule has 2 aromatic rings. The molecule has 0 saturated heterocycles. The number of benzene rings is 2. The standard InChI is InChI=1S/C20H23FN2O2/c1-23(13-18(24)14-7-9-16(21)10-8-14)19(15-5-3-2-4-6-15)20(25)22-17-11-12-17/h2-10,17-19,24H,11-13H2,1H3,(H,22,25)/t18-,19+/m1/s1. The van der Waals surface area contributed by atoms with Crippen LogP contribution in [-0.4, -0.2) is 35.5 Å². The first-order chi connectivity index (χ1) is 12.0. The van der Waals surface area contributed by atoms with E-state index in [1.54, 1.807) is 12.1 Å². The second-order valence-electron chi connectivity index (χ2n) is 6.60. The van der Waals surface area contributed by atoms with Gasteiger partial charge in [0.05, 0.1) is 6.10 Å². The van der Waals surface area contributed by atoms with Crippen LogP contribution in [-0.2, 0) is 4.79 Å². The van der Waals surface area contributed by atoms with Crippen LogP contribution in [0.1, 0.15) is 36.1 Å². The number of likely N-dealkylation sites (N-methyl/N-ethyl adjacent to an activating group) is 1. The Bertz CT molecular complexity index is 701. The molecular weight excluding hydrogens is 319 g/mol. The highest BCUT2D eigenvalue weighted by Gasteiger charge is 2.31. The lowest BCUT2D eigenvalue weighted by atomic mass is 10.0. The van der Waals surface area contributed by atoms with Crippen molar-refractivity contribution < 1.29 is 14.3 Å². The monoisotopic (exact) mass is 342 g/mol. The van der Waals surface area contributed by atoms with Crippen LogP contribution in [0.5, 0.6) is 0 Å². The second kappa shape index (κ2) is 7.76. The van der Waals surface area contributed by atoms with E-state index in [1.165, 1.54) is 12.1 Å². The number of hydrogen-bond donors (Lipinski definition) is 2. The van der Waals surface area contributed by atoms with E-state index in [-0.39, 0.29) is 24.3 Å². The molecule has 4 nitrogen and oxygen atoms in total. The highest BCUT2D eigenvalue weighted by atomic mass is 19.1. The van der Waals surface area contributed by atoms with Crippen molar-refractivity contribution in [3.05, 3.63) is 71.5 Å². The van der Waals surface area contributed by atoms with Crippen molar-refractivity contribution in [2.45, 2.75) is 31.0 Å². The van der Waals surface area contributed by atoms with E-state index >= 15 is 0 Å². The molecule has 0 aliphatic heterocycles. The number of rotatable bonds is 7. The minimum absolute atomic E-state index is 0.0532. The van der Waals surface area contributed by atoms with Gasteiger partial charge in [-0.25, -0.2) is 4.39 Å². The van der Waals surface area contributed by atoms with Gasteiger partial charge in [-0.15, -0.1) is 0 Å². The smallest absolute Gasteiger partial charge is 0.242 e. The van der Waals surface area contributed by atoms with Crippen LogP contribution in [0.4, 0.5) is 4.39 Å². The number of aliphatic hydroxyl groups excluding tert-OH is 1.